The van der Waals surface area contributed by atoms with Crippen molar-refractivity contribution in [1.29, 1.82) is 5.26 Å². The predicted octanol–water partition coefficient (Wildman–Crippen LogP) is 2.00. The van der Waals surface area contributed by atoms with Crippen LogP contribution in [0.25, 0.3) is 0 Å². The zero-order valence-electron chi connectivity index (χ0n) is 11.2. The van der Waals surface area contributed by atoms with Gasteiger partial charge < -0.3 is 14.5 Å². The summed E-state index contributed by atoms with van der Waals surface area (Å²) < 4.78 is 10.8. The van der Waals surface area contributed by atoms with E-state index in [0.29, 0.717) is 19.8 Å². The van der Waals surface area contributed by atoms with Gasteiger partial charge in [-0.25, -0.2) is 0 Å². The van der Waals surface area contributed by atoms with Crippen LogP contribution in [0, 0.1) is 23.7 Å². The van der Waals surface area contributed by atoms with E-state index in [1.807, 2.05) is 19.1 Å². The number of aryl methyl sites for hydroxylation is 1. The standard InChI is InChI=1S/C14H20N2O2/c1-11-4-5-12(18-11)13(2,3)7-16-8-14(6-15)9-17-10-14/h4-5,16H,7-10H2,1-3H3. The summed E-state index contributed by atoms with van der Waals surface area (Å²) in [6.07, 6.45) is 0. The van der Waals surface area contributed by atoms with E-state index in [1.54, 1.807) is 0 Å². The molecule has 4 nitrogen and oxygen atoms in total. The summed E-state index contributed by atoms with van der Waals surface area (Å²) in [5.74, 6) is 1.90. The molecule has 0 aliphatic carbocycles. The maximum atomic E-state index is 9.10. The summed E-state index contributed by atoms with van der Waals surface area (Å²) >= 11 is 0. The van der Waals surface area contributed by atoms with Gasteiger partial charge in [0.25, 0.3) is 0 Å². The van der Waals surface area contributed by atoms with E-state index in [9.17, 15) is 0 Å². The highest BCUT2D eigenvalue weighted by Crippen LogP contribution is 2.27. The average Bonchev–Trinajstić information content (AvgIpc) is 2.70. The van der Waals surface area contributed by atoms with E-state index in [-0.39, 0.29) is 10.8 Å². The van der Waals surface area contributed by atoms with Crippen LogP contribution in [-0.4, -0.2) is 26.3 Å². The molecule has 1 N–H and O–H groups in total. The number of ether oxygens (including phenoxy) is 1. The second-order valence-corrected chi connectivity index (χ2v) is 5.78. The molecular formula is C14H20N2O2. The normalized spacial score (nSPS) is 18.1. The van der Waals surface area contributed by atoms with Gasteiger partial charge in [0.15, 0.2) is 0 Å². The lowest BCUT2D eigenvalue weighted by Gasteiger charge is -2.36. The minimum atomic E-state index is -0.324. The van der Waals surface area contributed by atoms with Gasteiger partial charge in [-0.05, 0) is 19.1 Å². The van der Waals surface area contributed by atoms with Crippen molar-refractivity contribution in [3.05, 3.63) is 23.7 Å². The van der Waals surface area contributed by atoms with Crippen LogP contribution in [0.5, 0.6) is 0 Å². The molecule has 0 atom stereocenters. The van der Waals surface area contributed by atoms with Crippen LogP contribution in [0.2, 0.25) is 0 Å². The van der Waals surface area contributed by atoms with Crippen LogP contribution in [0.15, 0.2) is 16.5 Å². The van der Waals surface area contributed by atoms with Crippen molar-refractivity contribution in [2.24, 2.45) is 5.41 Å². The summed E-state index contributed by atoms with van der Waals surface area (Å²) in [5, 5.41) is 12.5. The molecule has 18 heavy (non-hydrogen) atoms. The number of rotatable bonds is 5. The van der Waals surface area contributed by atoms with Gasteiger partial charge in [-0.3, -0.25) is 0 Å². The fraction of sp³-hybridized carbons (Fsp3) is 0.643. The molecule has 1 saturated heterocycles. The zero-order valence-corrected chi connectivity index (χ0v) is 11.2. The maximum absolute atomic E-state index is 9.10. The van der Waals surface area contributed by atoms with Crippen LogP contribution < -0.4 is 5.32 Å². The van der Waals surface area contributed by atoms with Gasteiger partial charge >= 0.3 is 0 Å². The number of nitriles is 1. The summed E-state index contributed by atoms with van der Waals surface area (Å²) in [6, 6.07) is 6.33. The Morgan fingerprint density at radius 2 is 2.17 bits per heavy atom. The first-order valence-corrected chi connectivity index (χ1v) is 6.24. The monoisotopic (exact) mass is 248 g/mol. The molecule has 0 saturated carbocycles. The predicted molar refractivity (Wildman–Crippen MR) is 68.2 cm³/mol. The highest BCUT2D eigenvalue weighted by molar-refractivity contribution is 5.15. The first-order chi connectivity index (χ1) is 8.47. The summed E-state index contributed by atoms with van der Waals surface area (Å²) in [5.41, 5.74) is -0.398. The Hall–Kier alpha value is -1.31. The third-order valence-electron chi connectivity index (χ3n) is 3.43. The first-order valence-electron chi connectivity index (χ1n) is 6.24. The Balaban J connectivity index is 1.88. The van der Waals surface area contributed by atoms with Gasteiger partial charge in [-0.2, -0.15) is 5.26 Å². The third kappa shape index (κ3) is 2.58. The number of hydrogen-bond donors (Lipinski definition) is 1. The molecule has 0 spiro atoms. The van der Waals surface area contributed by atoms with Crippen molar-refractivity contribution < 1.29 is 9.15 Å². The highest BCUT2D eigenvalue weighted by Gasteiger charge is 2.39. The smallest absolute Gasteiger partial charge is 0.116 e. The molecule has 98 valence electrons. The molecule has 0 unspecified atom stereocenters. The molecule has 1 aliphatic heterocycles. The number of nitrogens with one attached hydrogen (secondary N) is 1. The van der Waals surface area contributed by atoms with Crippen molar-refractivity contribution in [1.82, 2.24) is 5.32 Å². The molecule has 1 aromatic heterocycles. The van der Waals surface area contributed by atoms with Crippen molar-refractivity contribution in [3.63, 3.8) is 0 Å². The quantitative estimate of drug-likeness (QED) is 0.865. The molecule has 0 radical (unpaired) electrons. The van der Waals surface area contributed by atoms with Crippen LogP contribution in [0.4, 0.5) is 0 Å². The van der Waals surface area contributed by atoms with Crippen LogP contribution in [-0.2, 0) is 10.2 Å². The molecule has 1 fully saturated rings. The maximum Gasteiger partial charge on any atom is 0.116 e. The first kappa shape index (κ1) is 13.1. The second kappa shape index (κ2) is 4.75. The minimum absolute atomic E-state index is 0.0739. The van der Waals surface area contributed by atoms with Crippen LogP contribution >= 0.6 is 0 Å². The van der Waals surface area contributed by atoms with E-state index < -0.39 is 0 Å². The topological polar surface area (TPSA) is 58.2 Å². The molecule has 4 heteroatoms. The molecule has 2 rings (SSSR count). The summed E-state index contributed by atoms with van der Waals surface area (Å²) in [7, 11) is 0. The number of furan rings is 1. The lowest BCUT2D eigenvalue weighted by molar-refractivity contribution is -0.0757. The average molecular weight is 248 g/mol. The molecule has 2 heterocycles. The Labute approximate surface area is 108 Å². The Morgan fingerprint density at radius 1 is 1.44 bits per heavy atom. The fourth-order valence-electron chi connectivity index (χ4n) is 2.05. The Kier molecular flexibility index (Phi) is 3.47. The largest absolute Gasteiger partial charge is 0.466 e. The SMILES string of the molecule is Cc1ccc(C(C)(C)CNCC2(C#N)COC2)o1. The molecule has 0 aromatic carbocycles. The summed E-state index contributed by atoms with van der Waals surface area (Å²) in [4.78, 5) is 0. The van der Waals surface area contributed by atoms with Crippen LogP contribution in [0.1, 0.15) is 25.4 Å². The van der Waals surface area contributed by atoms with Gasteiger partial charge in [0.05, 0.1) is 19.3 Å². The van der Waals surface area contributed by atoms with E-state index >= 15 is 0 Å². The van der Waals surface area contributed by atoms with Gasteiger partial charge in [0.1, 0.15) is 16.9 Å². The van der Waals surface area contributed by atoms with Gasteiger partial charge in [0, 0.05) is 18.5 Å². The molecule has 1 aliphatic rings. The van der Waals surface area contributed by atoms with Crippen molar-refractivity contribution in [2.75, 3.05) is 26.3 Å². The lowest BCUT2D eigenvalue weighted by atomic mass is 9.86. The van der Waals surface area contributed by atoms with Crippen molar-refractivity contribution in [3.8, 4) is 6.07 Å². The van der Waals surface area contributed by atoms with E-state index in [0.717, 1.165) is 18.1 Å². The lowest BCUT2D eigenvalue weighted by Crippen LogP contribution is -2.50. The molecule has 0 bridgehead atoms. The highest BCUT2D eigenvalue weighted by atomic mass is 16.5. The molecule has 0 amide bonds. The molecular weight excluding hydrogens is 228 g/mol. The second-order valence-electron chi connectivity index (χ2n) is 5.78. The Morgan fingerprint density at radius 3 is 2.61 bits per heavy atom. The van der Waals surface area contributed by atoms with E-state index in [1.165, 1.54) is 0 Å². The van der Waals surface area contributed by atoms with Crippen molar-refractivity contribution >= 4 is 0 Å². The number of hydrogen-bond acceptors (Lipinski definition) is 4. The minimum Gasteiger partial charge on any atom is -0.466 e. The van der Waals surface area contributed by atoms with Gasteiger partial charge in [-0.15, -0.1) is 0 Å². The van der Waals surface area contributed by atoms with E-state index in [2.05, 4.69) is 25.2 Å². The fourth-order valence-corrected chi connectivity index (χ4v) is 2.05. The zero-order chi connectivity index (χ0) is 13.2. The van der Waals surface area contributed by atoms with Crippen molar-refractivity contribution in [2.45, 2.75) is 26.2 Å². The van der Waals surface area contributed by atoms with Gasteiger partial charge in [0.2, 0.25) is 0 Å². The Bertz CT molecular complexity index is 453. The number of nitrogens with zero attached hydrogens (tertiary/aromatic N) is 1. The third-order valence-corrected chi connectivity index (χ3v) is 3.43. The van der Waals surface area contributed by atoms with Crippen LogP contribution in [0.3, 0.4) is 0 Å². The summed E-state index contributed by atoms with van der Waals surface area (Å²) in [6.45, 7) is 8.75. The van der Waals surface area contributed by atoms with E-state index in [4.69, 9.17) is 14.4 Å². The van der Waals surface area contributed by atoms with Gasteiger partial charge in [-0.1, -0.05) is 13.8 Å². The molecule has 1 aromatic rings.